The predicted molar refractivity (Wildman–Crippen MR) is 88.8 cm³/mol. The van der Waals surface area contributed by atoms with Crippen molar-refractivity contribution in [3.63, 3.8) is 0 Å². The van der Waals surface area contributed by atoms with Crippen LogP contribution in [0.1, 0.15) is 40.5 Å². The maximum absolute atomic E-state index is 12.4. The van der Waals surface area contributed by atoms with Gasteiger partial charge in [0.25, 0.3) is 0 Å². The van der Waals surface area contributed by atoms with Crippen LogP contribution in [-0.4, -0.2) is 49.2 Å². The van der Waals surface area contributed by atoms with Gasteiger partial charge in [0.2, 0.25) is 0 Å². The number of ether oxygens (including phenoxy) is 1. The number of esters is 1. The Labute approximate surface area is 138 Å². The van der Waals surface area contributed by atoms with E-state index in [-0.39, 0.29) is 18.0 Å². The quantitative estimate of drug-likeness (QED) is 0.758. The largest absolute Gasteiger partial charge is 0.463 e. The lowest BCUT2D eigenvalue weighted by Crippen LogP contribution is -2.53. The van der Waals surface area contributed by atoms with Crippen molar-refractivity contribution >= 4 is 12.0 Å². The Kier molecular flexibility index (Phi) is 6.04. The van der Waals surface area contributed by atoms with Crippen molar-refractivity contribution in [3.05, 3.63) is 11.3 Å². The first-order valence-electron chi connectivity index (χ1n) is 8.64. The zero-order chi connectivity index (χ0) is 17.0. The molecule has 0 aromatic carbocycles. The predicted octanol–water partition coefficient (Wildman–Crippen LogP) is 1.87. The molecule has 130 valence electrons. The second-order valence-corrected chi connectivity index (χ2v) is 6.81. The lowest BCUT2D eigenvalue weighted by atomic mass is 9.91. The first kappa shape index (κ1) is 17.8. The van der Waals surface area contributed by atoms with Crippen molar-refractivity contribution in [2.75, 3.05) is 26.2 Å². The Morgan fingerprint density at radius 2 is 1.91 bits per heavy atom. The summed E-state index contributed by atoms with van der Waals surface area (Å²) in [6, 6.07) is -0.518. The van der Waals surface area contributed by atoms with Gasteiger partial charge in [-0.3, -0.25) is 4.90 Å². The number of nitrogens with one attached hydrogen (secondary N) is 2. The van der Waals surface area contributed by atoms with Crippen molar-refractivity contribution in [1.29, 1.82) is 0 Å². The minimum absolute atomic E-state index is 0.238. The Morgan fingerprint density at radius 3 is 2.48 bits per heavy atom. The molecule has 2 heterocycles. The van der Waals surface area contributed by atoms with Crippen LogP contribution in [0.15, 0.2) is 11.3 Å². The second-order valence-electron chi connectivity index (χ2n) is 6.81. The summed E-state index contributed by atoms with van der Waals surface area (Å²) in [5.41, 5.74) is 1.26. The van der Waals surface area contributed by atoms with Gasteiger partial charge in [-0.15, -0.1) is 0 Å². The molecular formula is C17H29N3O3. The lowest BCUT2D eigenvalue weighted by molar-refractivity contribution is -0.139. The Hall–Kier alpha value is -1.56. The van der Waals surface area contributed by atoms with Gasteiger partial charge in [0.05, 0.1) is 18.2 Å². The number of hydrogen-bond donors (Lipinski definition) is 2. The molecule has 2 aliphatic rings. The van der Waals surface area contributed by atoms with E-state index >= 15 is 0 Å². The highest BCUT2D eigenvalue weighted by molar-refractivity contribution is 5.94. The maximum Gasteiger partial charge on any atom is 0.337 e. The fourth-order valence-electron chi connectivity index (χ4n) is 3.73. The van der Waals surface area contributed by atoms with Crippen LogP contribution in [0.2, 0.25) is 0 Å². The monoisotopic (exact) mass is 323 g/mol. The van der Waals surface area contributed by atoms with E-state index in [0.717, 1.165) is 13.1 Å². The summed E-state index contributed by atoms with van der Waals surface area (Å²) >= 11 is 0. The van der Waals surface area contributed by atoms with Crippen molar-refractivity contribution < 1.29 is 14.3 Å². The molecule has 0 radical (unpaired) electrons. The summed E-state index contributed by atoms with van der Waals surface area (Å²) in [5, 5.41) is 5.65. The molecule has 2 rings (SSSR count). The molecule has 2 aliphatic heterocycles. The summed E-state index contributed by atoms with van der Waals surface area (Å²) in [7, 11) is 0. The molecule has 0 aromatic heterocycles. The molecule has 3 atom stereocenters. The van der Waals surface area contributed by atoms with E-state index in [9.17, 15) is 9.59 Å². The van der Waals surface area contributed by atoms with Crippen LogP contribution < -0.4 is 10.6 Å². The zero-order valence-corrected chi connectivity index (χ0v) is 14.6. The number of carbonyl (C=O) groups excluding carboxylic acids is 2. The normalized spacial score (nSPS) is 29.0. The van der Waals surface area contributed by atoms with Crippen LogP contribution in [0.3, 0.4) is 0 Å². The van der Waals surface area contributed by atoms with Gasteiger partial charge in [0, 0.05) is 25.3 Å². The molecule has 0 bridgehead atoms. The molecule has 0 aliphatic carbocycles. The third kappa shape index (κ3) is 4.47. The van der Waals surface area contributed by atoms with Crippen LogP contribution in [-0.2, 0) is 9.53 Å². The summed E-state index contributed by atoms with van der Waals surface area (Å²) in [4.78, 5) is 26.6. The minimum atomic E-state index is -0.333. The minimum Gasteiger partial charge on any atom is -0.463 e. The maximum atomic E-state index is 12.4. The third-order valence-corrected chi connectivity index (χ3v) is 4.47. The molecule has 6 heteroatoms. The van der Waals surface area contributed by atoms with E-state index in [1.54, 1.807) is 6.92 Å². The smallest absolute Gasteiger partial charge is 0.337 e. The molecule has 0 spiro atoms. The standard InChI is InChI=1S/C17H29N3O3/c1-5-13-15(16(21)23-6-2)14(19-17(22)18-13)10-20-8-11(3)7-12(4)9-20/h11-13H,5-10H2,1-4H3,(H2,18,19,22)/t11-,12+,13-/m0/s1. The average molecular weight is 323 g/mol. The van der Waals surface area contributed by atoms with E-state index < -0.39 is 0 Å². The molecule has 2 amide bonds. The van der Waals surface area contributed by atoms with Crippen molar-refractivity contribution in [2.45, 2.75) is 46.6 Å². The number of likely N-dealkylation sites (tertiary alicyclic amines) is 1. The van der Waals surface area contributed by atoms with Crippen molar-refractivity contribution in [1.82, 2.24) is 15.5 Å². The molecule has 2 N–H and O–H groups in total. The molecule has 6 nitrogen and oxygen atoms in total. The van der Waals surface area contributed by atoms with Gasteiger partial charge < -0.3 is 15.4 Å². The van der Waals surface area contributed by atoms with Gasteiger partial charge in [-0.2, -0.15) is 0 Å². The van der Waals surface area contributed by atoms with E-state index in [2.05, 4.69) is 29.4 Å². The summed E-state index contributed by atoms with van der Waals surface area (Å²) in [6.07, 6.45) is 1.89. The van der Waals surface area contributed by atoms with Gasteiger partial charge in [-0.1, -0.05) is 20.8 Å². The Balaban J connectivity index is 2.24. The van der Waals surface area contributed by atoms with Crippen molar-refractivity contribution in [2.24, 2.45) is 11.8 Å². The van der Waals surface area contributed by atoms with E-state index in [0.29, 0.717) is 42.7 Å². The summed E-state index contributed by atoms with van der Waals surface area (Å²) in [5.74, 6) is 0.925. The van der Waals surface area contributed by atoms with Crippen molar-refractivity contribution in [3.8, 4) is 0 Å². The van der Waals surface area contributed by atoms with Crippen LogP contribution in [0.4, 0.5) is 4.79 Å². The van der Waals surface area contributed by atoms with Crippen LogP contribution in [0.5, 0.6) is 0 Å². The Morgan fingerprint density at radius 1 is 1.26 bits per heavy atom. The molecule has 1 saturated heterocycles. The van der Waals surface area contributed by atoms with Crippen LogP contribution in [0.25, 0.3) is 0 Å². The van der Waals surface area contributed by atoms with Gasteiger partial charge in [-0.25, -0.2) is 9.59 Å². The van der Waals surface area contributed by atoms with Crippen LogP contribution in [0, 0.1) is 11.8 Å². The number of amides is 2. The topological polar surface area (TPSA) is 70.7 Å². The number of nitrogens with zero attached hydrogens (tertiary/aromatic N) is 1. The van der Waals surface area contributed by atoms with E-state index in [1.165, 1.54) is 6.42 Å². The molecule has 0 unspecified atom stereocenters. The number of hydrogen-bond acceptors (Lipinski definition) is 4. The SMILES string of the molecule is CCOC(=O)C1=C(CN2C[C@H](C)C[C@H](C)C2)NC(=O)N[C@H]1CC. The van der Waals surface area contributed by atoms with Gasteiger partial charge in [0.15, 0.2) is 0 Å². The number of carbonyl (C=O) groups is 2. The van der Waals surface area contributed by atoms with Crippen LogP contribution >= 0.6 is 0 Å². The number of urea groups is 1. The highest BCUT2D eigenvalue weighted by Gasteiger charge is 2.33. The average Bonchev–Trinajstić information content (AvgIpc) is 2.45. The third-order valence-electron chi connectivity index (χ3n) is 4.47. The Bertz CT molecular complexity index is 479. The first-order chi connectivity index (χ1) is 10.9. The fraction of sp³-hybridized carbons (Fsp3) is 0.765. The molecule has 0 aromatic rings. The second kappa shape index (κ2) is 7.81. The van der Waals surface area contributed by atoms with Gasteiger partial charge in [-0.05, 0) is 31.6 Å². The fourth-order valence-corrected chi connectivity index (χ4v) is 3.73. The number of piperidine rings is 1. The lowest BCUT2D eigenvalue weighted by Gasteiger charge is -2.37. The molecule has 0 saturated carbocycles. The van der Waals surface area contributed by atoms with Gasteiger partial charge >= 0.3 is 12.0 Å². The van der Waals surface area contributed by atoms with E-state index in [1.807, 2.05) is 6.92 Å². The highest BCUT2D eigenvalue weighted by Crippen LogP contribution is 2.23. The molecular weight excluding hydrogens is 294 g/mol. The summed E-state index contributed by atoms with van der Waals surface area (Å²) < 4.78 is 5.20. The van der Waals surface area contributed by atoms with Gasteiger partial charge in [0.1, 0.15) is 0 Å². The number of rotatable bonds is 5. The summed E-state index contributed by atoms with van der Waals surface area (Å²) in [6.45, 7) is 11.1. The van der Waals surface area contributed by atoms with E-state index in [4.69, 9.17) is 4.74 Å². The zero-order valence-electron chi connectivity index (χ0n) is 14.6. The molecule has 23 heavy (non-hydrogen) atoms. The highest BCUT2D eigenvalue weighted by atomic mass is 16.5. The molecule has 1 fully saturated rings. The first-order valence-corrected chi connectivity index (χ1v) is 8.64.